The zero-order chi connectivity index (χ0) is 14.5. The molecular weight excluding hydrogens is 252 g/mol. The van der Waals surface area contributed by atoms with Gasteiger partial charge in [-0.2, -0.15) is 0 Å². The van der Waals surface area contributed by atoms with Gasteiger partial charge in [0.25, 0.3) is 0 Å². The average molecular weight is 268 g/mol. The van der Waals surface area contributed by atoms with Crippen molar-refractivity contribution in [3.63, 3.8) is 0 Å². The van der Waals surface area contributed by atoms with Gasteiger partial charge >= 0.3 is 0 Å². The summed E-state index contributed by atoms with van der Waals surface area (Å²) in [5, 5.41) is 9.19. The van der Waals surface area contributed by atoms with Gasteiger partial charge in [-0.1, -0.05) is 18.2 Å². The molecule has 0 saturated carbocycles. The van der Waals surface area contributed by atoms with Crippen LogP contribution in [0, 0.1) is 6.92 Å². The Morgan fingerprint density at radius 2 is 1.85 bits per heavy atom. The third-order valence-corrected chi connectivity index (χ3v) is 3.00. The Morgan fingerprint density at radius 1 is 1.15 bits per heavy atom. The maximum Gasteiger partial charge on any atom is 0.185 e. The molecule has 0 fully saturated rings. The molecule has 0 unspecified atom stereocenters. The second-order valence-corrected chi connectivity index (χ2v) is 4.47. The third kappa shape index (κ3) is 3.26. The Morgan fingerprint density at radius 3 is 2.45 bits per heavy atom. The van der Waals surface area contributed by atoms with Gasteiger partial charge in [0.2, 0.25) is 0 Å². The zero-order valence-electron chi connectivity index (χ0n) is 11.5. The molecule has 0 aliphatic heterocycles. The lowest BCUT2D eigenvalue weighted by molar-refractivity contribution is 0.104. The number of hydrogen-bond donors (Lipinski definition) is 1. The summed E-state index contributed by atoms with van der Waals surface area (Å²) in [7, 11) is 1.61. The van der Waals surface area contributed by atoms with Crippen LogP contribution in [0.1, 0.15) is 21.5 Å². The first-order chi connectivity index (χ1) is 9.60. The highest BCUT2D eigenvalue weighted by molar-refractivity contribution is 6.07. The fraction of sp³-hybridized carbons (Fsp3) is 0.118. The lowest BCUT2D eigenvalue weighted by Gasteiger charge is -2.05. The summed E-state index contributed by atoms with van der Waals surface area (Å²) in [4.78, 5) is 12.1. The van der Waals surface area contributed by atoms with E-state index in [-0.39, 0.29) is 11.5 Å². The fourth-order valence-corrected chi connectivity index (χ4v) is 1.89. The van der Waals surface area contributed by atoms with E-state index >= 15 is 0 Å². The number of aromatic hydroxyl groups is 1. The predicted molar refractivity (Wildman–Crippen MR) is 79.2 cm³/mol. The van der Waals surface area contributed by atoms with E-state index in [1.807, 2.05) is 13.0 Å². The van der Waals surface area contributed by atoms with Crippen LogP contribution in [0.4, 0.5) is 0 Å². The highest BCUT2D eigenvalue weighted by Gasteiger charge is 2.05. The monoisotopic (exact) mass is 268 g/mol. The molecule has 0 amide bonds. The van der Waals surface area contributed by atoms with Crippen LogP contribution in [-0.2, 0) is 0 Å². The van der Waals surface area contributed by atoms with Crippen molar-refractivity contribution in [3.8, 4) is 11.5 Å². The summed E-state index contributed by atoms with van der Waals surface area (Å²) in [5.41, 5.74) is 2.41. The fourth-order valence-electron chi connectivity index (χ4n) is 1.89. The first-order valence-corrected chi connectivity index (χ1v) is 6.26. The molecule has 0 radical (unpaired) electrons. The molecule has 0 aliphatic rings. The number of carbonyl (C=O) groups excluding carboxylic acids is 1. The summed E-state index contributed by atoms with van der Waals surface area (Å²) in [5.74, 6) is 0.909. The zero-order valence-corrected chi connectivity index (χ0v) is 11.5. The van der Waals surface area contributed by atoms with Crippen molar-refractivity contribution in [1.29, 1.82) is 0 Å². The second kappa shape index (κ2) is 6.06. The maximum absolute atomic E-state index is 12.1. The molecule has 2 aromatic carbocycles. The lowest BCUT2D eigenvalue weighted by atomic mass is 10.1. The minimum Gasteiger partial charge on any atom is -0.508 e. The van der Waals surface area contributed by atoms with Crippen LogP contribution in [0.3, 0.4) is 0 Å². The first kappa shape index (κ1) is 13.9. The number of phenols is 1. The molecule has 0 heterocycles. The standard InChI is InChI=1S/C17H16O3/c1-12-11-14(6-10-17(12)20-2)16(19)9-5-13-3-7-15(18)8-4-13/h3-11,18H,1-2H3/b9-5+. The molecule has 0 aliphatic carbocycles. The van der Waals surface area contributed by atoms with Crippen molar-refractivity contribution in [1.82, 2.24) is 0 Å². The minimum absolute atomic E-state index is 0.0659. The van der Waals surface area contributed by atoms with Gasteiger partial charge < -0.3 is 9.84 Å². The molecule has 2 aromatic rings. The van der Waals surface area contributed by atoms with Gasteiger partial charge in [-0.3, -0.25) is 4.79 Å². The Labute approximate surface area is 118 Å². The van der Waals surface area contributed by atoms with Crippen LogP contribution in [0.15, 0.2) is 48.5 Å². The van der Waals surface area contributed by atoms with Gasteiger partial charge in [-0.25, -0.2) is 0 Å². The Kier molecular flexibility index (Phi) is 4.20. The molecule has 3 heteroatoms. The van der Waals surface area contributed by atoms with E-state index < -0.39 is 0 Å². The van der Waals surface area contributed by atoms with E-state index in [1.165, 1.54) is 6.08 Å². The van der Waals surface area contributed by atoms with E-state index in [2.05, 4.69) is 0 Å². The number of benzene rings is 2. The Balaban J connectivity index is 2.15. The number of ether oxygens (including phenoxy) is 1. The second-order valence-electron chi connectivity index (χ2n) is 4.47. The maximum atomic E-state index is 12.1. The molecule has 0 aromatic heterocycles. The highest BCUT2D eigenvalue weighted by atomic mass is 16.5. The number of allylic oxidation sites excluding steroid dienone is 1. The van der Waals surface area contributed by atoms with Crippen molar-refractivity contribution in [3.05, 3.63) is 65.2 Å². The summed E-state index contributed by atoms with van der Waals surface area (Å²) < 4.78 is 5.17. The van der Waals surface area contributed by atoms with E-state index in [0.29, 0.717) is 5.56 Å². The molecule has 3 nitrogen and oxygen atoms in total. The number of rotatable bonds is 4. The average Bonchev–Trinajstić information content (AvgIpc) is 2.46. The summed E-state index contributed by atoms with van der Waals surface area (Å²) in [6.07, 6.45) is 3.25. The van der Waals surface area contributed by atoms with E-state index in [0.717, 1.165) is 16.9 Å². The molecule has 0 spiro atoms. The molecule has 20 heavy (non-hydrogen) atoms. The van der Waals surface area contributed by atoms with Crippen molar-refractivity contribution in [2.24, 2.45) is 0 Å². The van der Waals surface area contributed by atoms with Gasteiger partial charge in [0.1, 0.15) is 11.5 Å². The third-order valence-electron chi connectivity index (χ3n) is 3.00. The summed E-state index contributed by atoms with van der Waals surface area (Å²) in [6, 6.07) is 12.0. The molecule has 0 saturated heterocycles. The molecule has 1 N–H and O–H groups in total. The lowest BCUT2D eigenvalue weighted by Crippen LogP contribution is -1.96. The number of hydrogen-bond acceptors (Lipinski definition) is 3. The van der Waals surface area contributed by atoms with Gasteiger partial charge in [-0.15, -0.1) is 0 Å². The van der Waals surface area contributed by atoms with Gasteiger partial charge in [0.05, 0.1) is 7.11 Å². The van der Waals surface area contributed by atoms with E-state index in [4.69, 9.17) is 4.74 Å². The van der Waals surface area contributed by atoms with Crippen LogP contribution < -0.4 is 4.74 Å². The highest BCUT2D eigenvalue weighted by Crippen LogP contribution is 2.19. The Hall–Kier alpha value is -2.55. The normalized spacial score (nSPS) is 10.7. The van der Waals surface area contributed by atoms with E-state index in [1.54, 1.807) is 49.6 Å². The number of aryl methyl sites for hydroxylation is 1. The Bertz CT molecular complexity index is 640. The largest absolute Gasteiger partial charge is 0.508 e. The molecule has 0 bridgehead atoms. The van der Waals surface area contributed by atoms with Crippen LogP contribution in [0.25, 0.3) is 6.08 Å². The van der Waals surface area contributed by atoms with Crippen molar-refractivity contribution in [2.45, 2.75) is 6.92 Å². The van der Waals surface area contributed by atoms with Crippen LogP contribution >= 0.6 is 0 Å². The van der Waals surface area contributed by atoms with Crippen LogP contribution in [0.2, 0.25) is 0 Å². The molecule has 0 atom stereocenters. The van der Waals surface area contributed by atoms with Crippen molar-refractivity contribution in [2.75, 3.05) is 7.11 Å². The van der Waals surface area contributed by atoms with Gasteiger partial charge in [0.15, 0.2) is 5.78 Å². The van der Waals surface area contributed by atoms with Crippen molar-refractivity contribution >= 4 is 11.9 Å². The molecule has 2 rings (SSSR count). The SMILES string of the molecule is COc1ccc(C(=O)/C=C/c2ccc(O)cc2)cc1C. The molecular formula is C17H16O3. The summed E-state index contributed by atoms with van der Waals surface area (Å²) >= 11 is 0. The number of phenolic OH excluding ortho intramolecular Hbond substituents is 1. The number of methoxy groups -OCH3 is 1. The van der Waals surface area contributed by atoms with Gasteiger partial charge in [0, 0.05) is 5.56 Å². The minimum atomic E-state index is -0.0659. The van der Waals surface area contributed by atoms with E-state index in [9.17, 15) is 9.90 Å². The first-order valence-electron chi connectivity index (χ1n) is 6.26. The number of ketones is 1. The predicted octanol–water partition coefficient (Wildman–Crippen LogP) is 3.61. The topological polar surface area (TPSA) is 46.5 Å². The molecule has 102 valence electrons. The van der Waals surface area contributed by atoms with Crippen LogP contribution in [-0.4, -0.2) is 18.0 Å². The smallest absolute Gasteiger partial charge is 0.185 e. The quantitative estimate of drug-likeness (QED) is 0.680. The van der Waals surface area contributed by atoms with Crippen molar-refractivity contribution < 1.29 is 14.6 Å². The number of carbonyl (C=O) groups is 1. The van der Waals surface area contributed by atoms with Crippen LogP contribution in [0.5, 0.6) is 11.5 Å². The van der Waals surface area contributed by atoms with Gasteiger partial charge in [-0.05, 0) is 54.5 Å². The summed E-state index contributed by atoms with van der Waals surface area (Å²) in [6.45, 7) is 1.90.